The van der Waals surface area contributed by atoms with Crippen molar-refractivity contribution in [3.63, 3.8) is 0 Å². The number of hydrogen-bond donors (Lipinski definition) is 1. The molecule has 0 aliphatic carbocycles. The summed E-state index contributed by atoms with van der Waals surface area (Å²) in [5.41, 5.74) is 1.94. The lowest BCUT2D eigenvalue weighted by molar-refractivity contribution is -0.138. The number of alkyl halides is 3. The van der Waals surface area contributed by atoms with Gasteiger partial charge in [-0.15, -0.1) is 0 Å². The predicted molar refractivity (Wildman–Crippen MR) is 132 cm³/mol. The average Bonchev–Trinajstić information content (AvgIpc) is 3.27. The number of nitrogens with zero attached hydrogens (tertiary/aromatic N) is 1. The van der Waals surface area contributed by atoms with Crippen LogP contribution in [0.3, 0.4) is 0 Å². The second kappa shape index (κ2) is 13.0. The van der Waals surface area contributed by atoms with Gasteiger partial charge in [-0.2, -0.15) is 13.2 Å². The summed E-state index contributed by atoms with van der Waals surface area (Å²) in [5, 5.41) is 10.7. The molecule has 1 saturated heterocycles. The van der Waals surface area contributed by atoms with Gasteiger partial charge < -0.3 is 14.6 Å². The topological polar surface area (TPSA) is 59.0 Å². The highest BCUT2D eigenvalue weighted by Gasteiger charge is 2.31. The summed E-state index contributed by atoms with van der Waals surface area (Å²) in [4.78, 5) is 13.8. The quantitative estimate of drug-likeness (QED) is 0.326. The van der Waals surface area contributed by atoms with Crippen molar-refractivity contribution in [1.29, 1.82) is 0 Å². The smallest absolute Gasteiger partial charge is 0.416 e. The molecule has 0 aromatic heterocycles. The molecule has 1 N–H and O–H groups in total. The Morgan fingerprint density at radius 3 is 2.61 bits per heavy atom. The van der Waals surface area contributed by atoms with Crippen LogP contribution in [-0.4, -0.2) is 54.4 Å². The van der Waals surface area contributed by atoms with E-state index in [4.69, 9.17) is 9.47 Å². The van der Waals surface area contributed by atoms with Crippen LogP contribution in [-0.2, 0) is 26.9 Å². The number of halogens is 3. The minimum atomic E-state index is -4.34. The van der Waals surface area contributed by atoms with E-state index in [9.17, 15) is 23.1 Å². The molecule has 5 nitrogen and oxygen atoms in total. The van der Waals surface area contributed by atoms with Crippen molar-refractivity contribution < 1.29 is 32.5 Å². The first-order chi connectivity index (χ1) is 17.2. The van der Waals surface area contributed by atoms with Crippen LogP contribution < -0.4 is 0 Å². The number of rotatable bonds is 11. The van der Waals surface area contributed by atoms with Crippen molar-refractivity contribution >= 4 is 12.0 Å². The minimum absolute atomic E-state index is 0.139. The molecule has 8 heteroatoms. The number of aliphatic hydroxyl groups is 1. The maximum atomic E-state index is 12.8. The zero-order valence-electron chi connectivity index (χ0n) is 20.7. The van der Waals surface area contributed by atoms with E-state index in [0.717, 1.165) is 48.2 Å². The summed E-state index contributed by atoms with van der Waals surface area (Å²) in [7, 11) is 0. The summed E-state index contributed by atoms with van der Waals surface area (Å²) in [6.45, 7) is 5.36. The van der Waals surface area contributed by atoms with Gasteiger partial charge in [0.2, 0.25) is 0 Å². The second-order valence-corrected chi connectivity index (χ2v) is 9.03. The number of aliphatic hydroxyl groups excluding tert-OH is 1. The Labute approximate surface area is 210 Å². The lowest BCUT2D eigenvalue weighted by Gasteiger charge is -2.27. The molecule has 0 spiro atoms. The molecule has 3 atom stereocenters. The Morgan fingerprint density at radius 1 is 1.19 bits per heavy atom. The number of carbonyl (C=O) groups is 1. The van der Waals surface area contributed by atoms with E-state index in [1.54, 1.807) is 13.0 Å². The Bertz CT molecular complexity index is 1010. The molecule has 2 aromatic rings. The van der Waals surface area contributed by atoms with Crippen molar-refractivity contribution in [2.45, 2.75) is 57.5 Å². The van der Waals surface area contributed by atoms with E-state index in [1.165, 1.54) is 18.2 Å². The van der Waals surface area contributed by atoms with Crippen LogP contribution in [0.2, 0.25) is 0 Å². The van der Waals surface area contributed by atoms with Crippen LogP contribution in [0.15, 0.2) is 54.6 Å². The van der Waals surface area contributed by atoms with E-state index in [0.29, 0.717) is 19.6 Å². The fourth-order valence-corrected chi connectivity index (χ4v) is 4.52. The summed E-state index contributed by atoms with van der Waals surface area (Å²) in [6, 6.07) is 13.1. The fourth-order valence-electron chi connectivity index (χ4n) is 4.52. The Kier molecular flexibility index (Phi) is 10.1. The molecule has 0 radical (unpaired) electrons. The van der Waals surface area contributed by atoms with Gasteiger partial charge in [-0.3, -0.25) is 4.90 Å². The summed E-state index contributed by atoms with van der Waals surface area (Å²) in [5.74, 6) is -0.409. The van der Waals surface area contributed by atoms with Gasteiger partial charge >= 0.3 is 12.1 Å². The summed E-state index contributed by atoms with van der Waals surface area (Å²) < 4.78 is 49.3. The molecule has 0 amide bonds. The van der Waals surface area contributed by atoms with Crippen molar-refractivity contribution in [2.24, 2.45) is 0 Å². The highest BCUT2D eigenvalue weighted by atomic mass is 19.4. The number of esters is 1. The lowest BCUT2D eigenvalue weighted by atomic mass is 10.0. The summed E-state index contributed by atoms with van der Waals surface area (Å²) in [6.07, 6.45) is 0.292. The largest absolute Gasteiger partial charge is 0.463 e. The van der Waals surface area contributed by atoms with E-state index >= 15 is 0 Å². The van der Waals surface area contributed by atoms with Gasteiger partial charge in [0.1, 0.15) is 0 Å². The molecular formula is C28H34F3NO4. The van der Waals surface area contributed by atoms with Gasteiger partial charge in [-0.25, -0.2) is 4.79 Å². The first-order valence-electron chi connectivity index (χ1n) is 12.3. The Hall–Kier alpha value is -2.68. The highest BCUT2D eigenvalue weighted by molar-refractivity contribution is 5.87. The number of carbonyl (C=O) groups excluding carboxylic acids is 1. The molecule has 1 aliphatic rings. The maximum absolute atomic E-state index is 12.8. The minimum Gasteiger partial charge on any atom is -0.463 e. The number of benzene rings is 2. The van der Waals surface area contributed by atoms with Crippen molar-refractivity contribution in [3.05, 3.63) is 76.9 Å². The van der Waals surface area contributed by atoms with Crippen molar-refractivity contribution in [3.8, 4) is 0 Å². The van der Waals surface area contributed by atoms with Gasteiger partial charge in [0, 0.05) is 18.7 Å². The highest BCUT2D eigenvalue weighted by Crippen LogP contribution is 2.30. The molecular weight excluding hydrogens is 471 g/mol. The van der Waals surface area contributed by atoms with E-state index in [2.05, 4.69) is 4.90 Å². The number of likely N-dealkylation sites (tertiary alicyclic amines) is 1. The maximum Gasteiger partial charge on any atom is 0.416 e. The average molecular weight is 506 g/mol. The lowest BCUT2D eigenvalue weighted by Crippen LogP contribution is -2.39. The van der Waals surface area contributed by atoms with Gasteiger partial charge in [0.05, 0.1) is 31.0 Å². The van der Waals surface area contributed by atoms with Crippen LogP contribution in [0, 0.1) is 0 Å². The first kappa shape index (κ1) is 27.9. The van der Waals surface area contributed by atoms with Crippen LogP contribution in [0.4, 0.5) is 13.2 Å². The Balaban J connectivity index is 1.52. The monoisotopic (exact) mass is 505 g/mol. The van der Waals surface area contributed by atoms with Crippen LogP contribution in [0.25, 0.3) is 6.08 Å². The molecule has 36 heavy (non-hydrogen) atoms. The van der Waals surface area contributed by atoms with Crippen molar-refractivity contribution in [1.82, 2.24) is 4.90 Å². The van der Waals surface area contributed by atoms with Gasteiger partial charge in [-0.05, 0) is 74.6 Å². The van der Waals surface area contributed by atoms with Crippen LogP contribution >= 0.6 is 0 Å². The molecule has 1 fully saturated rings. The molecule has 1 heterocycles. The van der Waals surface area contributed by atoms with E-state index in [1.807, 2.05) is 31.2 Å². The third-order valence-corrected chi connectivity index (χ3v) is 6.36. The third kappa shape index (κ3) is 8.18. The zero-order valence-corrected chi connectivity index (χ0v) is 20.7. The SMILES string of the molecule is CCOC(=O)C=Cc1ccccc1[C@@H](C)OC[C@H](O)CN1CCC[C@H]1Cc1ccc(C(F)(F)F)cc1. The zero-order chi connectivity index (χ0) is 26.1. The molecule has 0 unspecified atom stereocenters. The van der Waals surface area contributed by atoms with E-state index in [-0.39, 0.29) is 18.8 Å². The number of β-amino-alcohol motifs (C(OH)–C–C–N with tert-alkyl or cyclic N) is 1. The molecule has 3 rings (SSSR count). The normalized spacial score (nSPS) is 18.4. The molecule has 0 saturated carbocycles. The third-order valence-electron chi connectivity index (χ3n) is 6.36. The predicted octanol–water partition coefficient (Wildman–Crippen LogP) is 5.43. The van der Waals surface area contributed by atoms with Crippen molar-refractivity contribution in [2.75, 3.05) is 26.3 Å². The first-order valence-corrected chi connectivity index (χ1v) is 12.3. The van der Waals surface area contributed by atoms with Crippen LogP contribution in [0.5, 0.6) is 0 Å². The standard InChI is InChI=1S/C28H34F3NO4/c1-3-35-27(34)15-12-22-7-4-5-9-26(22)20(2)36-19-25(33)18-32-16-6-8-24(32)17-21-10-13-23(14-11-21)28(29,30)31/h4-5,7,9-15,20,24-25,33H,3,6,8,16-19H2,1-2H3/t20-,24+,25-/m1/s1. The second-order valence-electron chi connectivity index (χ2n) is 9.03. The van der Waals surface area contributed by atoms with E-state index < -0.39 is 23.8 Å². The summed E-state index contributed by atoms with van der Waals surface area (Å²) >= 11 is 0. The fraction of sp³-hybridized carbons (Fsp3) is 0.464. The van der Waals surface area contributed by atoms with Crippen LogP contribution in [0.1, 0.15) is 55.0 Å². The van der Waals surface area contributed by atoms with Gasteiger partial charge in [0.25, 0.3) is 0 Å². The Morgan fingerprint density at radius 2 is 1.92 bits per heavy atom. The molecule has 196 valence electrons. The number of ether oxygens (including phenoxy) is 2. The van der Waals surface area contributed by atoms with Gasteiger partial charge in [0.15, 0.2) is 0 Å². The molecule has 2 aromatic carbocycles. The molecule has 0 bridgehead atoms. The number of hydrogen-bond acceptors (Lipinski definition) is 5. The molecule has 1 aliphatic heterocycles. The van der Waals surface area contributed by atoms with Gasteiger partial charge in [-0.1, -0.05) is 36.4 Å².